The first-order chi connectivity index (χ1) is 7.74. The standard InChI is InChI=1S/C10H10N4OS/c11-5-6-15-9-4-2-1-3-8(9)7-13-14-10(12)16/h1-4,7H,6H2,(H3,12,14,16). The van der Waals surface area contributed by atoms with Gasteiger partial charge in [-0.25, -0.2) is 0 Å². The average molecular weight is 234 g/mol. The van der Waals surface area contributed by atoms with Crippen LogP contribution in [-0.2, 0) is 0 Å². The van der Waals surface area contributed by atoms with Gasteiger partial charge in [-0.15, -0.1) is 0 Å². The second-order valence-corrected chi connectivity index (χ2v) is 3.16. The van der Waals surface area contributed by atoms with Gasteiger partial charge >= 0.3 is 0 Å². The van der Waals surface area contributed by atoms with Gasteiger partial charge in [0.05, 0.1) is 6.21 Å². The lowest BCUT2D eigenvalue weighted by Crippen LogP contribution is -2.24. The number of nitrogens with two attached hydrogens (primary N) is 1. The number of benzene rings is 1. The van der Waals surface area contributed by atoms with Crippen LogP contribution in [0.25, 0.3) is 0 Å². The van der Waals surface area contributed by atoms with E-state index in [9.17, 15) is 0 Å². The van der Waals surface area contributed by atoms with Gasteiger partial charge in [-0.1, -0.05) is 12.1 Å². The summed E-state index contributed by atoms with van der Waals surface area (Å²) in [6.07, 6.45) is 1.52. The molecule has 0 radical (unpaired) electrons. The number of nitrogens with zero attached hydrogens (tertiary/aromatic N) is 2. The molecule has 0 aliphatic heterocycles. The van der Waals surface area contributed by atoms with Crippen LogP contribution in [0, 0.1) is 11.3 Å². The van der Waals surface area contributed by atoms with Crippen molar-refractivity contribution in [3.63, 3.8) is 0 Å². The normalized spacial score (nSPS) is 9.69. The molecule has 0 aromatic heterocycles. The first-order valence-electron chi connectivity index (χ1n) is 4.41. The van der Waals surface area contributed by atoms with Crippen molar-refractivity contribution in [2.45, 2.75) is 0 Å². The number of hydrogen-bond acceptors (Lipinski definition) is 4. The molecule has 0 amide bonds. The van der Waals surface area contributed by atoms with Gasteiger partial charge in [0.1, 0.15) is 11.8 Å². The van der Waals surface area contributed by atoms with Crippen LogP contribution in [0.4, 0.5) is 0 Å². The van der Waals surface area contributed by atoms with Crippen molar-refractivity contribution in [1.29, 1.82) is 5.26 Å². The fourth-order valence-corrected chi connectivity index (χ4v) is 1.05. The maximum Gasteiger partial charge on any atom is 0.184 e. The molecule has 16 heavy (non-hydrogen) atoms. The highest BCUT2D eigenvalue weighted by Crippen LogP contribution is 2.15. The number of hydrazone groups is 1. The topological polar surface area (TPSA) is 83.4 Å². The minimum Gasteiger partial charge on any atom is -0.478 e. The highest BCUT2D eigenvalue weighted by atomic mass is 32.1. The molecule has 0 bridgehead atoms. The Balaban J connectivity index is 2.74. The monoisotopic (exact) mass is 234 g/mol. The summed E-state index contributed by atoms with van der Waals surface area (Å²) in [5, 5.41) is 12.3. The van der Waals surface area contributed by atoms with Crippen molar-refractivity contribution in [2.75, 3.05) is 6.61 Å². The Labute approximate surface area is 98.5 Å². The smallest absolute Gasteiger partial charge is 0.184 e. The summed E-state index contributed by atoms with van der Waals surface area (Å²) in [6.45, 7) is -0.00637. The van der Waals surface area contributed by atoms with Crippen LogP contribution >= 0.6 is 12.2 Å². The second-order valence-electron chi connectivity index (χ2n) is 2.72. The first-order valence-corrected chi connectivity index (χ1v) is 4.82. The van der Waals surface area contributed by atoms with Gasteiger partial charge in [-0.05, 0) is 24.4 Å². The van der Waals surface area contributed by atoms with E-state index in [1.807, 2.05) is 18.2 Å². The molecule has 1 rings (SSSR count). The van der Waals surface area contributed by atoms with Gasteiger partial charge in [0.25, 0.3) is 0 Å². The van der Waals surface area contributed by atoms with Crippen LogP contribution in [0.3, 0.4) is 0 Å². The van der Waals surface area contributed by atoms with Crippen LogP contribution < -0.4 is 15.9 Å². The lowest BCUT2D eigenvalue weighted by molar-refractivity contribution is 0.367. The molecular weight excluding hydrogens is 224 g/mol. The highest BCUT2D eigenvalue weighted by molar-refractivity contribution is 7.80. The Morgan fingerprint density at radius 3 is 3.06 bits per heavy atom. The fourth-order valence-electron chi connectivity index (χ4n) is 0.994. The maximum absolute atomic E-state index is 8.41. The summed E-state index contributed by atoms with van der Waals surface area (Å²) in [5.41, 5.74) is 8.38. The number of rotatable bonds is 4. The van der Waals surface area contributed by atoms with Gasteiger partial charge in [0.15, 0.2) is 11.7 Å². The van der Waals surface area contributed by atoms with Crippen molar-refractivity contribution in [1.82, 2.24) is 5.43 Å². The summed E-state index contributed by atoms with van der Waals surface area (Å²) in [6, 6.07) is 9.09. The van der Waals surface area contributed by atoms with Crippen LogP contribution in [0.2, 0.25) is 0 Å². The second kappa shape index (κ2) is 6.37. The molecule has 0 atom stereocenters. The SMILES string of the molecule is N#CCOc1ccccc1C=NNC(N)=S. The van der Waals surface area contributed by atoms with Crippen LogP contribution in [0.1, 0.15) is 5.56 Å². The molecule has 0 aliphatic rings. The summed E-state index contributed by atoms with van der Waals surface area (Å²) < 4.78 is 5.20. The molecule has 1 aromatic rings. The molecule has 0 saturated carbocycles. The Morgan fingerprint density at radius 1 is 1.62 bits per heavy atom. The zero-order valence-electron chi connectivity index (χ0n) is 8.38. The predicted molar refractivity (Wildman–Crippen MR) is 65.1 cm³/mol. The van der Waals surface area contributed by atoms with Gasteiger partial charge < -0.3 is 10.5 Å². The van der Waals surface area contributed by atoms with Crippen molar-refractivity contribution >= 4 is 23.5 Å². The molecule has 0 aliphatic carbocycles. The molecule has 0 spiro atoms. The Morgan fingerprint density at radius 2 is 2.38 bits per heavy atom. The lowest BCUT2D eigenvalue weighted by Gasteiger charge is -2.04. The lowest BCUT2D eigenvalue weighted by atomic mass is 10.2. The largest absolute Gasteiger partial charge is 0.478 e. The van der Waals surface area contributed by atoms with E-state index in [1.165, 1.54) is 6.21 Å². The third kappa shape index (κ3) is 3.94. The number of nitrogens with one attached hydrogen (secondary N) is 1. The minimum atomic E-state index is -0.00637. The molecule has 0 heterocycles. The van der Waals surface area contributed by atoms with Crippen LogP contribution in [0.15, 0.2) is 29.4 Å². The van der Waals surface area contributed by atoms with E-state index in [-0.39, 0.29) is 11.7 Å². The number of hydrogen-bond donors (Lipinski definition) is 2. The van der Waals surface area contributed by atoms with Crippen molar-refractivity contribution in [3.05, 3.63) is 29.8 Å². The summed E-state index contributed by atoms with van der Waals surface area (Å²) in [7, 11) is 0. The molecule has 1 aromatic carbocycles. The van der Waals surface area contributed by atoms with E-state index in [0.717, 1.165) is 5.56 Å². The minimum absolute atomic E-state index is 0.00637. The zero-order chi connectivity index (χ0) is 11.8. The quantitative estimate of drug-likeness (QED) is 0.456. The van der Waals surface area contributed by atoms with Crippen LogP contribution in [0.5, 0.6) is 5.75 Å². The molecule has 3 N–H and O–H groups in total. The Kier molecular flexibility index (Phi) is 4.76. The average Bonchev–Trinajstić information content (AvgIpc) is 2.27. The van der Waals surface area contributed by atoms with E-state index >= 15 is 0 Å². The number of ether oxygens (including phenoxy) is 1. The van der Waals surface area contributed by atoms with E-state index in [1.54, 1.807) is 12.1 Å². The number of thiocarbonyl (C=S) groups is 1. The third-order valence-corrected chi connectivity index (χ3v) is 1.68. The molecule has 0 saturated heterocycles. The number of nitriles is 1. The molecule has 5 nitrogen and oxygen atoms in total. The molecule has 82 valence electrons. The van der Waals surface area contributed by atoms with Gasteiger partial charge in [0, 0.05) is 5.56 Å². The van der Waals surface area contributed by atoms with Gasteiger partial charge in [-0.3, -0.25) is 5.43 Å². The summed E-state index contributed by atoms with van der Waals surface area (Å²) in [5.74, 6) is 0.581. The molecule has 0 unspecified atom stereocenters. The molecular formula is C10H10N4OS. The van der Waals surface area contributed by atoms with Crippen LogP contribution in [-0.4, -0.2) is 17.9 Å². The highest BCUT2D eigenvalue weighted by Gasteiger charge is 1.99. The fraction of sp³-hybridized carbons (Fsp3) is 0.100. The van der Waals surface area contributed by atoms with E-state index in [2.05, 4.69) is 22.7 Å². The first kappa shape index (κ1) is 11.9. The van der Waals surface area contributed by atoms with Crippen molar-refractivity contribution < 1.29 is 4.74 Å². The molecule has 0 fully saturated rings. The summed E-state index contributed by atoms with van der Waals surface area (Å²) >= 11 is 4.59. The van der Waals surface area contributed by atoms with E-state index in [0.29, 0.717) is 5.75 Å². The Hall–Kier alpha value is -2.13. The van der Waals surface area contributed by atoms with Gasteiger partial charge in [0.2, 0.25) is 0 Å². The predicted octanol–water partition coefficient (Wildman–Crippen LogP) is 0.756. The van der Waals surface area contributed by atoms with Crippen molar-refractivity contribution in [3.8, 4) is 11.8 Å². The molecule has 6 heteroatoms. The summed E-state index contributed by atoms with van der Waals surface area (Å²) in [4.78, 5) is 0. The number of para-hydroxylation sites is 1. The van der Waals surface area contributed by atoms with E-state index in [4.69, 9.17) is 15.7 Å². The van der Waals surface area contributed by atoms with Crippen molar-refractivity contribution in [2.24, 2.45) is 10.8 Å². The van der Waals surface area contributed by atoms with E-state index < -0.39 is 0 Å². The Bertz CT molecular complexity index is 439. The maximum atomic E-state index is 8.41. The van der Waals surface area contributed by atoms with Gasteiger partial charge in [-0.2, -0.15) is 10.4 Å². The zero-order valence-corrected chi connectivity index (χ0v) is 9.20. The third-order valence-electron chi connectivity index (χ3n) is 1.59.